The smallest absolute Gasteiger partial charge is 0.0962 e. The van der Waals surface area contributed by atoms with E-state index in [2.05, 4.69) is 22.0 Å². The highest BCUT2D eigenvalue weighted by Gasteiger charge is 2.11. The molecule has 1 nitrogen and oxygen atoms in total. The lowest BCUT2D eigenvalue weighted by Crippen LogP contribution is -1.89. The van der Waals surface area contributed by atoms with Gasteiger partial charge in [-0.15, -0.1) is 0 Å². The lowest BCUT2D eigenvalue weighted by Gasteiger charge is -2.08. The van der Waals surface area contributed by atoms with Crippen LogP contribution in [0.1, 0.15) is 24.5 Å². The fourth-order valence-corrected chi connectivity index (χ4v) is 2.55. The van der Waals surface area contributed by atoms with Crippen LogP contribution in [0.4, 0.5) is 0 Å². The van der Waals surface area contributed by atoms with Gasteiger partial charge in [-0.2, -0.15) is 5.26 Å². The number of halogens is 2. The fourth-order valence-electron chi connectivity index (χ4n) is 1.34. The van der Waals surface area contributed by atoms with Gasteiger partial charge in [-0.3, -0.25) is 0 Å². The molecule has 0 aliphatic heterocycles. The van der Waals surface area contributed by atoms with Crippen LogP contribution >= 0.6 is 27.5 Å². The molecule has 1 aromatic carbocycles. The van der Waals surface area contributed by atoms with Gasteiger partial charge in [0.25, 0.3) is 0 Å². The minimum atomic E-state index is 0.546. The van der Waals surface area contributed by atoms with Crippen LogP contribution in [0, 0.1) is 18.3 Å². The summed E-state index contributed by atoms with van der Waals surface area (Å²) in [5, 5.41) is 9.48. The Bertz CT molecular complexity index is 423. The van der Waals surface area contributed by atoms with Gasteiger partial charge in [-0.25, -0.2) is 0 Å². The molecule has 15 heavy (non-hydrogen) atoms. The first kappa shape index (κ1) is 12.3. The zero-order valence-corrected chi connectivity index (χ0v) is 11.0. The molecule has 1 rings (SSSR count). The summed E-state index contributed by atoms with van der Waals surface area (Å²) in [6, 6.07) is 7.99. The van der Waals surface area contributed by atoms with Gasteiger partial charge in [0, 0.05) is 15.6 Å². The van der Waals surface area contributed by atoms with Crippen molar-refractivity contribution in [2.45, 2.75) is 20.3 Å². The highest BCUT2D eigenvalue weighted by Crippen LogP contribution is 2.33. The van der Waals surface area contributed by atoms with Gasteiger partial charge in [0.15, 0.2) is 0 Å². The molecule has 0 saturated carbocycles. The normalized spacial score (nSPS) is 11.9. The van der Waals surface area contributed by atoms with Gasteiger partial charge in [-0.05, 0) is 25.0 Å². The summed E-state index contributed by atoms with van der Waals surface area (Å²) in [6.45, 7) is 3.90. The number of allylic oxidation sites excluding steroid dienone is 1. The molecule has 0 N–H and O–H groups in total. The Labute approximate surface area is 103 Å². The Morgan fingerprint density at radius 2 is 2.20 bits per heavy atom. The molecule has 78 valence electrons. The fraction of sp³-hybridized carbons (Fsp3) is 0.250. The molecule has 1 aromatic rings. The van der Waals surface area contributed by atoms with Crippen LogP contribution in [0.2, 0.25) is 0 Å². The Morgan fingerprint density at radius 1 is 1.53 bits per heavy atom. The summed E-state index contributed by atoms with van der Waals surface area (Å²) in [7, 11) is 0. The zero-order valence-electron chi connectivity index (χ0n) is 8.64. The zero-order chi connectivity index (χ0) is 11.4. The summed E-state index contributed by atoms with van der Waals surface area (Å²) < 4.78 is 0.925. The summed E-state index contributed by atoms with van der Waals surface area (Å²) >= 11 is 9.66. The maximum absolute atomic E-state index is 8.93. The first-order chi connectivity index (χ1) is 7.11. The summed E-state index contributed by atoms with van der Waals surface area (Å²) in [5.74, 6) is 0. The van der Waals surface area contributed by atoms with E-state index in [4.69, 9.17) is 16.9 Å². The number of hydrogen-bond acceptors (Lipinski definition) is 1. The predicted octanol–water partition coefficient (Wildman–Crippen LogP) is 4.64. The molecule has 0 unspecified atom stereocenters. The van der Waals surface area contributed by atoms with E-state index in [9.17, 15) is 0 Å². The van der Waals surface area contributed by atoms with E-state index < -0.39 is 0 Å². The second kappa shape index (κ2) is 5.34. The molecule has 0 radical (unpaired) electrons. The quantitative estimate of drug-likeness (QED) is 0.726. The van der Waals surface area contributed by atoms with Crippen LogP contribution in [-0.4, -0.2) is 0 Å². The average Bonchev–Trinajstić information content (AvgIpc) is 2.19. The van der Waals surface area contributed by atoms with E-state index in [1.807, 2.05) is 32.0 Å². The maximum Gasteiger partial charge on any atom is 0.0962 e. The molecule has 3 heteroatoms. The van der Waals surface area contributed by atoms with Gasteiger partial charge < -0.3 is 0 Å². The lowest BCUT2D eigenvalue weighted by atomic mass is 10.0. The van der Waals surface area contributed by atoms with E-state index in [0.717, 1.165) is 15.6 Å². The third-order valence-corrected chi connectivity index (χ3v) is 3.27. The Balaban J connectivity index is 3.41. The van der Waals surface area contributed by atoms with Gasteiger partial charge in [0.1, 0.15) is 0 Å². The summed E-state index contributed by atoms with van der Waals surface area (Å²) in [5.41, 5.74) is 2.60. The SMILES string of the molecule is CC/C(C#N)=C(/Cl)c1c(C)cccc1Br. The van der Waals surface area contributed by atoms with Crippen molar-refractivity contribution in [1.82, 2.24) is 0 Å². The summed E-state index contributed by atoms with van der Waals surface area (Å²) in [6.07, 6.45) is 0.649. The first-order valence-corrected chi connectivity index (χ1v) is 5.83. The second-order valence-corrected chi connectivity index (χ2v) is 4.42. The minimum Gasteiger partial charge on any atom is -0.193 e. The topological polar surface area (TPSA) is 23.8 Å². The molecular weight excluding hydrogens is 273 g/mol. The van der Waals surface area contributed by atoms with Crippen molar-refractivity contribution >= 4 is 32.6 Å². The van der Waals surface area contributed by atoms with Gasteiger partial charge in [0.2, 0.25) is 0 Å². The number of rotatable bonds is 2. The third-order valence-electron chi connectivity index (χ3n) is 2.19. The van der Waals surface area contributed by atoms with E-state index in [1.165, 1.54) is 0 Å². The van der Waals surface area contributed by atoms with Crippen LogP contribution in [0.5, 0.6) is 0 Å². The van der Waals surface area contributed by atoms with Crippen LogP contribution in [0.25, 0.3) is 5.03 Å². The predicted molar refractivity (Wildman–Crippen MR) is 67.6 cm³/mol. The van der Waals surface area contributed by atoms with Crippen molar-refractivity contribution in [3.05, 3.63) is 39.4 Å². The van der Waals surface area contributed by atoms with Crippen LogP contribution in [-0.2, 0) is 0 Å². The van der Waals surface area contributed by atoms with Crippen molar-refractivity contribution in [3.63, 3.8) is 0 Å². The second-order valence-electron chi connectivity index (χ2n) is 3.19. The summed E-state index contributed by atoms with van der Waals surface area (Å²) in [4.78, 5) is 0. The average molecular weight is 285 g/mol. The van der Waals surface area contributed by atoms with E-state index in [0.29, 0.717) is 17.0 Å². The van der Waals surface area contributed by atoms with Crippen molar-refractivity contribution in [2.24, 2.45) is 0 Å². The number of hydrogen-bond donors (Lipinski definition) is 0. The minimum absolute atomic E-state index is 0.546. The molecular formula is C12H11BrClN. The largest absolute Gasteiger partial charge is 0.193 e. The Hall–Kier alpha value is -0.780. The molecule has 0 saturated heterocycles. The Kier molecular flexibility index (Phi) is 4.38. The monoisotopic (exact) mass is 283 g/mol. The van der Waals surface area contributed by atoms with Crippen molar-refractivity contribution in [1.29, 1.82) is 5.26 Å². The van der Waals surface area contributed by atoms with Crippen molar-refractivity contribution in [3.8, 4) is 6.07 Å². The van der Waals surface area contributed by atoms with Gasteiger partial charge in [0.05, 0.1) is 11.1 Å². The molecule has 0 atom stereocenters. The molecule has 0 bridgehead atoms. The Morgan fingerprint density at radius 3 is 2.67 bits per heavy atom. The molecule has 0 spiro atoms. The van der Waals surface area contributed by atoms with Gasteiger partial charge >= 0.3 is 0 Å². The lowest BCUT2D eigenvalue weighted by molar-refractivity contribution is 1.16. The van der Waals surface area contributed by atoms with E-state index >= 15 is 0 Å². The number of aryl methyl sites for hydroxylation is 1. The standard InChI is InChI=1S/C12H11BrClN/c1-3-9(7-15)12(14)11-8(2)5-4-6-10(11)13/h4-6H,3H2,1-2H3/b12-9-. The molecule has 0 aliphatic rings. The third kappa shape index (κ3) is 2.62. The van der Waals surface area contributed by atoms with Crippen LogP contribution in [0.3, 0.4) is 0 Å². The molecule has 0 amide bonds. The van der Waals surface area contributed by atoms with Crippen LogP contribution < -0.4 is 0 Å². The van der Waals surface area contributed by atoms with Crippen LogP contribution in [0.15, 0.2) is 28.2 Å². The highest BCUT2D eigenvalue weighted by atomic mass is 79.9. The molecule has 0 aliphatic carbocycles. The molecule has 0 fully saturated rings. The highest BCUT2D eigenvalue weighted by molar-refractivity contribution is 9.10. The van der Waals surface area contributed by atoms with E-state index in [-0.39, 0.29) is 0 Å². The van der Waals surface area contributed by atoms with Gasteiger partial charge in [-0.1, -0.05) is 46.6 Å². The maximum atomic E-state index is 8.93. The van der Waals surface area contributed by atoms with E-state index in [1.54, 1.807) is 0 Å². The first-order valence-electron chi connectivity index (χ1n) is 4.66. The van der Waals surface area contributed by atoms with Crippen molar-refractivity contribution in [2.75, 3.05) is 0 Å². The van der Waals surface area contributed by atoms with Crippen molar-refractivity contribution < 1.29 is 0 Å². The molecule has 0 heterocycles. The molecule has 0 aromatic heterocycles. The number of nitriles is 1. The number of nitrogens with zero attached hydrogens (tertiary/aromatic N) is 1. The number of benzene rings is 1.